The van der Waals surface area contributed by atoms with Crippen LogP contribution in [0.25, 0.3) is 0 Å². The number of carboxylic acid groups (broad SMARTS) is 1. The van der Waals surface area contributed by atoms with E-state index in [2.05, 4.69) is 10.3 Å². The maximum atomic E-state index is 12.7. The Bertz CT molecular complexity index is 394. The minimum absolute atomic E-state index is 0.0935. The smallest absolute Gasteiger partial charge is 0.335 e. The molecule has 1 aromatic rings. The van der Waals surface area contributed by atoms with Crippen molar-refractivity contribution in [1.82, 2.24) is 10.3 Å². The zero-order valence-corrected chi connectivity index (χ0v) is 8.61. The molecule has 16 heavy (non-hydrogen) atoms. The summed E-state index contributed by atoms with van der Waals surface area (Å²) in [5.41, 5.74) is -1.51. The van der Waals surface area contributed by atoms with E-state index in [1.165, 1.54) is 6.07 Å². The highest BCUT2D eigenvalue weighted by atomic mass is 19.1. The van der Waals surface area contributed by atoms with Gasteiger partial charge in [-0.15, -0.1) is 0 Å². The number of amides is 1. The van der Waals surface area contributed by atoms with Crippen LogP contribution in [0.3, 0.4) is 0 Å². The molecule has 86 valence electrons. The van der Waals surface area contributed by atoms with Gasteiger partial charge in [0.2, 0.25) is 6.41 Å². The van der Waals surface area contributed by atoms with E-state index in [-0.39, 0.29) is 12.1 Å². The van der Waals surface area contributed by atoms with E-state index in [9.17, 15) is 14.0 Å². The van der Waals surface area contributed by atoms with E-state index in [1.807, 2.05) is 0 Å². The van der Waals surface area contributed by atoms with Gasteiger partial charge in [0, 0.05) is 0 Å². The van der Waals surface area contributed by atoms with Crippen LogP contribution in [0.2, 0.25) is 0 Å². The molecule has 0 fully saturated rings. The molecule has 0 saturated carbocycles. The van der Waals surface area contributed by atoms with Gasteiger partial charge in [0.25, 0.3) is 0 Å². The van der Waals surface area contributed by atoms with Crippen LogP contribution in [0, 0.1) is 5.82 Å². The topological polar surface area (TPSA) is 79.3 Å². The Kier molecular flexibility index (Phi) is 3.55. The van der Waals surface area contributed by atoms with E-state index in [0.717, 1.165) is 12.3 Å². The van der Waals surface area contributed by atoms with Crippen LogP contribution >= 0.6 is 0 Å². The monoisotopic (exact) mass is 226 g/mol. The molecule has 1 aromatic heterocycles. The summed E-state index contributed by atoms with van der Waals surface area (Å²) in [4.78, 5) is 25.3. The second-order valence-electron chi connectivity index (χ2n) is 3.19. The SMILES string of the molecule is CCC(NC=O)(C(=O)O)c1ccc(F)cn1. The normalized spacial score (nSPS) is 13.9. The van der Waals surface area contributed by atoms with Crippen molar-refractivity contribution in [3.05, 3.63) is 29.8 Å². The van der Waals surface area contributed by atoms with Crippen LogP contribution in [-0.4, -0.2) is 22.5 Å². The summed E-state index contributed by atoms with van der Waals surface area (Å²) >= 11 is 0. The Morgan fingerprint density at radius 1 is 1.69 bits per heavy atom. The zero-order valence-electron chi connectivity index (χ0n) is 8.61. The molecule has 0 aliphatic heterocycles. The van der Waals surface area contributed by atoms with E-state index in [4.69, 9.17) is 5.11 Å². The fourth-order valence-corrected chi connectivity index (χ4v) is 1.41. The standard InChI is InChI=1S/C10H11FN2O3/c1-2-10(9(15)16,13-6-14)8-4-3-7(11)5-12-8/h3-6H,2H2,1H3,(H,13,14)(H,15,16). The second kappa shape index (κ2) is 4.69. The zero-order chi connectivity index (χ0) is 12.2. The fourth-order valence-electron chi connectivity index (χ4n) is 1.41. The molecule has 2 N–H and O–H groups in total. The number of carboxylic acids is 1. The van der Waals surface area contributed by atoms with Gasteiger partial charge in [0.1, 0.15) is 5.82 Å². The number of hydrogen-bond donors (Lipinski definition) is 2. The predicted molar refractivity (Wildman–Crippen MR) is 53.0 cm³/mol. The van der Waals surface area contributed by atoms with Crippen molar-refractivity contribution < 1.29 is 19.1 Å². The average Bonchev–Trinajstić information content (AvgIpc) is 2.27. The van der Waals surface area contributed by atoms with Gasteiger partial charge in [-0.3, -0.25) is 9.78 Å². The van der Waals surface area contributed by atoms with Crippen LogP contribution < -0.4 is 5.32 Å². The molecule has 1 heterocycles. The first kappa shape index (κ1) is 12.1. The lowest BCUT2D eigenvalue weighted by Gasteiger charge is -2.26. The Hall–Kier alpha value is -1.98. The molecular weight excluding hydrogens is 215 g/mol. The van der Waals surface area contributed by atoms with Gasteiger partial charge in [-0.25, -0.2) is 9.18 Å². The van der Waals surface area contributed by atoms with Gasteiger partial charge in [-0.1, -0.05) is 6.92 Å². The molecule has 0 spiro atoms. The van der Waals surface area contributed by atoms with Gasteiger partial charge in [-0.05, 0) is 18.6 Å². The number of aromatic nitrogens is 1. The van der Waals surface area contributed by atoms with Crippen LogP contribution in [0.15, 0.2) is 18.3 Å². The van der Waals surface area contributed by atoms with Crippen molar-refractivity contribution in [2.75, 3.05) is 0 Å². The van der Waals surface area contributed by atoms with Crippen molar-refractivity contribution >= 4 is 12.4 Å². The Labute approximate surface area is 91.3 Å². The first-order valence-electron chi connectivity index (χ1n) is 4.63. The van der Waals surface area contributed by atoms with Crippen molar-refractivity contribution in [2.45, 2.75) is 18.9 Å². The Balaban J connectivity index is 3.23. The minimum Gasteiger partial charge on any atom is -0.479 e. The quantitative estimate of drug-likeness (QED) is 0.723. The minimum atomic E-state index is -1.60. The fraction of sp³-hybridized carbons (Fsp3) is 0.300. The predicted octanol–water partition coefficient (Wildman–Crippen LogP) is 0.657. The highest BCUT2D eigenvalue weighted by molar-refractivity contribution is 5.82. The molecule has 0 aliphatic carbocycles. The molecule has 1 atom stereocenters. The van der Waals surface area contributed by atoms with E-state index < -0.39 is 17.3 Å². The Morgan fingerprint density at radius 3 is 2.75 bits per heavy atom. The molecule has 1 rings (SSSR count). The number of aliphatic carboxylic acids is 1. The molecule has 0 aliphatic rings. The van der Waals surface area contributed by atoms with Crippen LogP contribution in [0.4, 0.5) is 4.39 Å². The number of nitrogens with zero attached hydrogens (tertiary/aromatic N) is 1. The lowest BCUT2D eigenvalue weighted by Crippen LogP contribution is -2.48. The molecule has 5 nitrogen and oxygen atoms in total. The van der Waals surface area contributed by atoms with Crippen LogP contribution in [0.5, 0.6) is 0 Å². The van der Waals surface area contributed by atoms with Crippen molar-refractivity contribution in [3.63, 3.8) is 0 Å². The van der Waals surface area contributed by atoms with E-state index >= 15 is 0 Å². The average molecular weight is 226 g/mol. The molecule has 0 bridgehead atoms. The van der Waals surface area contributed by atoms with Gasteiger partial charge in [0.15, 0.2) is 5.54 Å². The summed E-state index contributed by atoms with van der Waals surface area (Å²) in [6.07, 6.45) is 1.32. The summed E-state index contributed by atoms with van der Waals surface area (Å²) in [5, 5.41) is 11.3. The number of halogens is 1. The van der Waals surface area contributed by atoms with Gasteiger partial charge < -0.3 is 10.4 Å². The number of carbonyl (C=O) groups is 2. The molecule has 0 radical (unpaired) electrons. The number of carbonyl (C=O) groups excluding carboxylic acids is 1. The first-order chi connectivity index (χ1) is 7.56. The molecular formula is C10H11FN2O3. The third-order valence-corrected chi connectivity index (χ3v) is 2.37. The lowest BCUT2D eigenvalue weighted by molar-refractivity contribution is -0.147. The highest BCUT2D eigenvalue weighted by Crippen LogP contribution is 2.23. The van der Waals surface area contributed by atoms with Crippen molar-refractivity contribution in [2.24, 2.45) is 0 Å². The first-order valence-corrected chi connectivity index (χ1v) is 4.63. The molecule has 0 saturated heterocycles. The summed E-state index contributed by atoms with van der Waals surface area (Å²) in [6, 6.07) is 2.34. The van der Waals surface area contributed by atoms with Crippen LogP contribution in [0.1, 0.15) is 19.0 Å². The molecule has 1 unspecified atom stereocenters. The number of rotatable bonds is 5. The largest absolute Gasteiger partial charge is 0.479 e. The van der Waals surface area contributed by atoms with Crippen molar-refractivity contribution in [1.29, 1.82) is 0 Å². The van der Waals surface area contributed by atoms with Gasteiger partial charge >= 0.3 is 5.97 Å². The number of pyridine rings is 1. The highest BCUT2D eigenvalue weighted by Gasteiger charge is 2.39. The molecule has 0 aromatic carbocycles. The van der Waals surface area contributed by atoms with Gasteiger partial charge in [-0.2, -0.15) is 0 Å². The maximum Gasteiger partial charge on any atom is 0.335 e. The summed E-state index contributed by atoms with van der Waals surface area (Å²) in [5.74, 6) is -1.80. The van der Waals surface area contributed by atoms with E-state index in [0.29, 0.717) is 6.41 Å². The number of nitrogens with one attached hydrogen (secondary N) is 1. The summed E-state index contributed by atoms with van der Waals surface area (Å²) in [6.45, 7) is 1.59. The summed E-state index contributed by atoms with van der Waals surface area (Å²) in [7, 11) is 0. The Morgan fingerprint density at radius 2 is 2.38 bits per heavy atom. The van der Waals surface area contributed by atoms with E-state index in [1.54, 1.807) is 6.92 Å². The molecule has 1 amide bonds. The van der Waals surface area contributed by atoms with Gasteiger partial charge in [0.05, 0.1) is 11.9 Å². The maximum absolute atomic E-state index is 12.7. The third kappa shape index (κ3) is 2.00. The van der Waals surface area contributed by atoms with Crippen molar-refractivity contribution in [3.8, 4) is 0 Å². The third-order valence-electron chi connectivity index (χ3n) is 2.37. The van der Waals surface area contributed by atoms with Crippen LogP contribution in [-0.2, 0) is 15.1 Å². The molecule has 6 heteroatoms. The second-order valence-corrected chi connectivity index (χ2v) is 3.19. The lowest BCUT2D eigenvalue weighted by atomic mass is 9.91. The number of hydrogen-bond acceptors (Lipinski definition) is 3. The summed E-state index contributed by atoms with van der Waals surface area (Å²) < 4.78 is 12.7.